The summed E-state index contributed by atoms with van der Waals surface area (Å²) in [4.78, 5) is 11.4. The molecule has 1 amide bonds. The molecule has 1 saturated heterocycles. The van der Waals surface area contributed by atoms with Crippen molar-refractivity contribution < 1.29 is 17.9 Å². The number of aryl methyl sites for hydroxylation is 2. The summed E-state index contributed by atoms with van der Waals surface area (Å²) in [6.45, 7) is 5.58. The van der Waals surface area contributed by atoms with Gasteiger partial charge in [0.25, 0.3) is 0 Å². The zero-order chi connectivity index (χ0) is 19.6. The van der Waals surface area contributed by atoms with E-state index in [9.17, 15) is 13.2 Å². The number of ether oxygens (including phenoxy) is 1. The zero-order valence-corrected chi connectivity index (χ0v) is 16.3. The molecule has 1 fully saturated rings. The predicted molar refractivity (Wildman–Crippen MR) is 100 cm³/mol. The van der Waals surface area contributed by atoms with Crippen molar-refractivity contribution in [2.75, 3.05) is 18.4 Å². The van der Waals surface area contributed by atoms with Gasteiger partial charge in [-0.3, -0.25) is 4.79 Å². The average Bonchev–Trinajstić information content (AvgIpc) is 3.05. The van der Waals surface area contributed by atoms with Crippen molar-refractivity contribution >= 4 is 21.6 Å². The maximum absolute atomic E-state index is 13.0. The third kappa shape index (κ3) is 4.42. The molecule has 0 bridgehead atoms. The predicted octanol–water partition coefficient (Wildman–Crippen LogP) is 1.89. The fourth-order valence-electron chi connectivity index (χ4n) is 2.99. The van der Waals surface area contributed by atoms with Gasteiger partial charge in [0, 0.05) is 25.2 Å². The van der Waals surface area contributed by atoms with Crippen molar-refractivity contribution in [3.05, 3.63) is 41.6 Å². The Hall–Kier alpha value is -2.52. The molecule has 27 heavy (non-hydrogen) atoms. The second-order valence-electron chi connectivity index (χ2n) is 6.57. The van der Waals surface area contributed by atoms with Gasteiger partial charge in [-0.15, -0.1) is 5.10 Å². The average molecular weight is 390 g/mol. The molecule has 0 aliphatic carbocycles. The minimum absolute atomic E-state index is 0.205. The Morgan fingerprint density at radius 3 is 2.63 bits per heavy atom. The Morgan fingerprint density at radius 1 is 1.22 bits per heavy atom. The smallest absolute Gasteiger partial charge is 0.243 e. The molecule has 0 spiro atoms. The number of anilines is 1. The van der Waals surface area contributed by atoms with E-state index in [1.165, 1.54) is 17.3 Å². The van der Waals surface area contributed by atoms with Crippen LogP contribution in [0.3, 0.4) is 0 Å². The molecule has 0 saturated carbocycles. The molecule has 2 aromatic rings. The lowest BCUT2D eigenvalue weighted by molar-refractivity contribution is -0.114. The molecule has 1 aliphatic rings. The monoisotopic (exact) mass is 390 g/mol. The Morgan fingerprint density at radius 2 is 2.00 bits per heavy atom. The van der Waals surface area contributed by atoms with Gasteiger partial charge in [0.05, 0.1) is 17.1 Å². The molecule has 1 N–H and O–H groups in total. The fourth-order valence-corrected chi connectivity index (χ4v) is 4.68. The standard InChI is InChI=1S/C18H22N4O4S/c1-12-10-15(19-14(3)23)5-6-17(12)27(24,25)22-9-8-16(11-22)26-18-7-4-13(2)20-21-18/h4-7,10,16H,8-9,11H2,1-3H3,(H,19,23). The molecular weight excluding hydrogens is 368 g/mol. The molecule has 1 aromatic carbocycles. The highest BCUT2D eigenvalue weighted by Gasteiger charge is 2.34. The van der Waals surface area contributed by atoms with Crippen LogP contribution in [-0.4, -0.2) is 48.0 Å². The van der Waals surface area contributed by atoms with Gasteiger partial charge >= 0.3 is 0 Å². The topological polar surface area (TPSA) is 101 Å². The summed E-state index contributed by atoms with van der Waals surface area (Å²) in [5.41, 5.74) is 1.94. The lowest BCUT2D eigenvalue weighted by atomic mass is 10.2. The van der Waals surface area contributed by atoms with E-state index in [4.69, 9.17) is 4.74 Å². The minimum Gasteiger partial charge on any atom is -0.472 e. The number of aromatic nitrogens is 2. The zero-order valence-electron chi connectivity index (χ0n) is 15.5. The number of nitrogens with one attached hydrogen (secondary N) is 1. The number of nitrogens with zero attached hydrogens (tertiary/aromatic N) is 3. The Labute approximate surface area is 158 Å². The summed E-state index contributed by atoms with van der Waals surface area (Å²) in [6, 6.07) is 8.29. The summed E-state index contributed by atoms with van der Waals surface area (Å²) in [5.74, 6) is 0.185. The van der Waals surface area contributed by atoms with E-state index < -0.39 is 10.0 Å². The first-order chi connectivity index (χ1) is 12.8. The van der Waals surface area contributed by atoms with Crippen molar-refractivity contribution in [1.82, 2.24) is 14.5 Å². The SMILES string of the molecule is CC(=O)Nc1ccc(S(=O)(=O)N2CCC(Oc3ccc(C)nn3)C2)c(C)c1. The molecule has 144 valence electrons. The van der Waals surface area contributed by atoms with Crippen molar-refractivity contribution in [1.29, 1.82) is 0 Å². The van der Waals surface area contributed by atoms with Crippen LogP contribution in [0, 0.1) is 13.8 Å². The van der Waals surface area contributed by atoms with Gasteiger partial charge in [-0.1, -0.05) is 0 Å². The van der Waals surface area contributed by atoms with Gasteiger partial charge < -0.3 is 10.1 Å². The molecule has 1 unspecified atom stereocenters. The van der Waals surface area contributed by atoms with Crippen molar-refractivity contribution in [2.45, 2.75) is 38.2 Å². The van der Waals surface area contributed by atoms with Crippen LogP contribution in [0.2, 0.25) is 0 Å². The molecule has 3 rings (SSSR count). The maximum atomic E-state index is 13.0. The normalized spacial score (nSPS) is 17.7. The lowest BCUT2D eigenvalue weighted by Crippen LogP contribution is -2.31. The van der Waals surface area contributed by atoms with E-state index >= 15 is 0 Å². The van der Waals surface area contributed by atoms with Crippen LogP contribution in [0.5, 0.6) is 5.88 Å². The van der Waals surface area contributed by atoms with E-state index in [-0.39, 0.29) is 23.5 Å². The van der Waals surface area contributed by atoms with Gasteiger partial charge in [0.2, 0.25) is 21.8 Å². The summed E-state index contributed by atoms with van der Waals surface area (Å²) in [7, 11) is -3.64. The molecule has 1 atom stereocenters. The molecule has 2 heterocycles. The number of rotatable bonds is 5. The van der Waals surface area contributed by atoms with Crippen molar-refractivity contribution in [3.8, 4) is 5.88 Å². The molecule has 9 heteroatoms. The van der Waals surface area contributed by atoms with Crippen LogP contribution in [-0.2, 0) is 14.8 Å². The lowest BCUT2D eigenvalue weighted by Gasteiger charge is -2.18. The van der Waals surface area contributed by atoms with Crippen molar-refractivity contribution in [2.24, 2.45) is 0 Å². The highest BCUT2D eigenvalue weighted by molar-refractivity contribution is 7.89. The molecule has 1 aromatic heterocycles. The van der Waals surface area contributed by atoms with Crippen LogP contribution in [0.1, 0.15) is 24.6 Å². The Bertz CT molecular complexity index is 944. The first kappa shape index (κ1) is 19.2. The van der Waals surface area contributed by atoms with E-state index in [0.717, 1.165) is 5.69 Å². The van der Waals surface area contributed by atoms with E-state index in [1.54, 1.807) is 31.2 Å². The highest BCUT2D eigenvalue weighted by Crippen LogP contribution is 2.27. The van der Waals surface area contributed by atoms with E-state index in [1.807, 2.05) is 6.92 Å². The van der Waals surface area contributed by atoms with Crippen molar-refractivity contribution in [3.63, 3.8) is 0 Å². The quantitative estimate of drug-likeness (QED) is 0.837. The number of sulfonamides is 1. The number of carbonyl (C=O) groups is 1. The number of hydrogen-bond acceptors (Lipinski definition) is 6. The number of hydrogen-bond donors (Lipinski definition) is 1. The molecule has 0 radical (unpaired) electrons. The Kier molecular flexibility index (Phi) is 5.43. The summed E-state index contributed by atoms with van der Waals surface area (Å²) < 4.78 is 33.1. The number of carbonyl (C=O) groups excluding carboxylic acids is 1. The van der Waals surface area contributed by atoms with E-state index in [0.29, 0.717) is 30.1 Å². The fraction of sp³-hybridized carbons (Fsp3) is 0.389. The van der Waals surface area contributed by atoms with Crippen LogP contribution in [0.25, 0.3) is 0 Å². The number of benzene rings is 1. The first-order valence-electron chi connectivity index (χ1n) is 8.61. The summed E-state index contributed by atoms with van der Waals surface area (Å²) >= 11 is 0. The van der Waals surface area contributed by atoms with Gasteiger partial charge in [-0.2, -0.15) is 9.40 Å². The minimum atomic E-state index is -3.64. The summed E-state index contributed by atoms with van der Waals surface area (Å²) in [5, 5.41) is 10.6. The number of amides is 1. The van der Waals surface area contributed by atoms with Crippen LogP contribution < -0.4 is 10.1 Å². The van der Waals surface area contributed by atoms with Gasteiger partial charge in [0.1, 0.15) is 6.10 Å². The van der Waals surface area contributed by atoms with Crippen LogP contribution in [0.15, 0.2) is 35.2 Å². The molecule has 1 aliphatic heterocycles. The third-order valence-corrected chi connectivity index (χ3v) is 6.31. The highest BCUT2D eigenvalue weighted by atomic mass is 32.2. The van der Waals surface area contributed by atoms with Gasteiger partial charge in [-0.05, 0) is 50.1 Å². The third-order valence-electron chi connectivity index (χ3n) is 4.28. The van der Waals surface area contributed by atoms with E-state index in [2.05, 4.69) is 15.5 Å². The van der Waals surface area contributed by atoms with Gasteiger partial charge in [-0.25, -0.2) is 8.42 Å². The summed E-state index contributed by atoms with van der Waals surface area (Å²) in [6.07, 6.45) is 0.313. The molecule has 8 nitrogen and oxygen atoms in total. The largest absolute Gasteiger partial charge is 0.472 e. The van der Waals surface area contributed by atoms with Crippen LogP contribution in [0.4, 0.5) is 5.69 Å². The Balaban J connectivity index is 1.72. The maximum Gasteiger partial charge on any atom is 0.243 e. The van der Waals surface area contributed by atoms with Crippen LogP contribution >= 0.6 is 0 Å². The van der Waals surface area contributed by atoms with Gasteiger partial charge in [0.15, 0.2) is 0 Å². The first-order valence-corrected chi connectivity index (χ1v) is 10.0. The second-order valence-corrected chi connectivity index (χ2v) is 8.47. The molecular formula is C18H22N4O4S. The second kappa shape index (κ2) is 7.61.